The number of aryl methyl sites for hydroxylation is 2. The first kappa shape index (κ1) is 27.0. The van der Waals surface area contributed by atoms with Gasteiger partial charge in [-0.1, -0.05) is 47.6 Å². The number of ether oxygens (including phenoxy) is 3. The molecule has 7 nitrogen and oxygen atoms in total. The molecule has 0 bridgehead atoms. The Morgan fingerprint density at radius 1 is 1.14 bits per heavy atom. The predicted molar refractivity (Wildman–Crippen MR) is 149 cm³/mol. The van der Waals surface area contributed by atoms with Crippen LogP contribution < -0.4 is 15.0 Å². The first-order valence-electron chi connectivity index (χ1n) is 11.7. The third kappa shape index (κ3) is 5.79. The largest absolute Gasteiger partial charge is 0.493 e. The summed E-state index contributed by atoms with van der Waals surface area (Å²) in [5.74, 6) is 1.37. The number of rotatable bonds is 10. The second-order valence-corrected chi connectivity index (χ2v) is 10.5. The molecule has 0 amide bonds. The highest BCUT2D eigenvalue weighted by atomic mass is 35.5. The number of nitrogens with zero attached hydrogens (tertiary/aromatic N) is 2. The minimum atomic E-state index is -0.440. The van der Waals surface area contributed by atoms with Crippen molar-refractivity contribution in [2.24, 2.45) is 0 Å². The normalized spacial score (nSPS) is 11.1. The number of thiophene rings is 1. The Hall–Kier alpha value is -3.01. The number of benzene rings is 2. The predicted octanol–water partition coefficient (Wildman–Crippen LogP) is 6.15. The number of thioether (sulfide) groups is 1. The summed E-state index contributed by atoms with van der Waals surface area (Å²) in [5, 5.41) is 1.67. The highest BCUT2D eigenvalue weighted by molar-refractivity contribution is 7.98. The smallest absolute Gasteiger partial charge is 0.348 e. The zero-order valence-corrected chi connectivity index (χ0v) is 23.4. The van der Waals surface area contributed by atoms with Gasteiger partial charge in [0.2, 0.25) is 0 Å². The molecule has 2 aromatic heterocycles. The third-order valence-corrected chi connectivity index (χ3v) is 8.42. The van der Waals surface area contributed by atoms with Gasteiger partial charge in [-0.05, 0) is 55.2 Å². The van der Waals surface area contributed by atoms with Gasteiger partial charge in [0.05, 0.1) is 26.2 Å². The van der Waals surface area contributed by atoms with Gasteiger partial charge in [-0.15, -0.1) is 11.3 Å². The van der Waals surface area contributed by atoms with Gasteiger partial charge < -0.3 is 14.2 Å². The second-order valence-electron chi connectivity index (χ2n) is 8.13. The lowest BCUT2D eigenvalue weighted by molar-refractivity contribution is 0.0531. The van der Waals surface area contributed by atoms with Crippen molar-refractivity contribution in [3.8, 4) is 11.5 Å². The van der Waals surface area contributed by atoms with E-state index in [9.17, 15) is 9.59 Å². The molecule has 0 spiro atoms. The molecule has 4 aromatic rings. The van der Waals surface area contributed by atoms with E-state index in [-0.39, 0.29) is 12.2 Å². The van der Waals surface area contributed by atoms with Crippen LogP contribution in [-0.4, -0.2) is 36.3 Å². The molecule has 194 valence electrons. The first-order valence-corrected chi connectivity index (χ1v) is 13.8. The zero-order valence-electron chi connectivity index (χ0n) is 21.0. The van der Waals surface area contributed by atoms with E-state index in [1.807, 2.05) is 42.5 Å². The second kappa shape index (κ2) is 12.0. The van der Waals surface area contributed by atoms with Crippen molar-refractivity contribution < 1.29 is 19.0 Å². The molecule has 2 heterocycles. The van der Waals surface area contributed by atoms with Gasteiger partial charge in [0.15, 0.2) is 16.7 Å². The molecule has 0 unspecified atom stereocenters. The number of carbonyl (C=O) groups excluding carboxylic acids is 1. The fraction of sp³-hybridized carbons (Fsp3) is 0.296. The van der Waals surface area contributed by atoms with Crippen LogP contribution in [0.2, 0.25) is 5.02 Å². The van der Waals surface area contributed by atoms with E-state index >= 15 is 0 Å². The van der Waals surface area contributed by atoms with E-state index in [0.29, 0.717) is 61.1 Å². The van der Waals surface area contributed by atoms with Crippen molar-refractivity contribution >= 4 is 50.9 Å². The van der Waals surface area contributed by atoms with Gasteiger partial charge in [-0.2, -0.15) is 0 Å². The van der Waals surface area contributed by atoms with Crippen LogP contribution >= 0.6 is 34.7 Å². The Morgan fingerprint density at radius 3 is 2.59 bits per heavy atom. The maximum Gasteiger partial charge on any atom is 0.348 e. The molecule has 0 aliphatic carbocycles. The molecule has 10 heteroatoms. The van der Waals surface area contributed by atoms with E-state index in [1.54, 1.807) is 32.6 Å². The lowest BCUT2D eigenvalue weighted by Crippen LogP contribution is -2.24. The molecule has 0 aliphatic heterocycles. The van der Waals surface area contributed by atoms with Crippen LogP contribution in [-0.2, 0) is 23.5 Å². The Bertz CT molecular complexity index is 1500. The monoisotopic (exact) mass is 558 g/mol. The number of methoxy groups -OCH3 is 2. The number of halogens is 1. The van der Waals surface area contributed by atoms with Gasteiger partial charge in [0.1, 0.15) is 9.71 Å². The van der Waals surface area contributed by atoms with Gasteiger partial charge >= 0.3 is 5.97 Å². The Labute approximate surface area is 228 Å². The third-order valence-electron chi connectivity index (χ3n) is 5.86. The van der Waals surface area contributed by atoms with Crippen molar-refractivity contribution in [3.63, 3.8) is 0 Å². The van der Waals surface area contributed by atoms with Crippen LogP contribution in [0.3, 0.4) is 0 Å². The highest BCUT2D eigenvalue weighted by Crippen LogP contribution is 2.32. The van der Waals surface area contributed by atoms with E-state index in [1.165, 1.54) is 23.1 Å². The van der Waals surface area contributed by atoms with Crippen LogP contribution in [0.25, 0.3) is 10.2 Å². The SMILES string of the molecule is CCOC(=O)c1sc2nc(SCc3ccccc3Cl)n(CCc3ccc(OC)c(OC)c3)c(=O)c2c1C. The molecule has 2 aromatic carbocycles. The number of carbonyl (C=O) groups is 1. The lowest BCUT2D eigenvalue weighted by Gasteiger charge is -2.14. The molecular formula is C27H27ClN2O5S2. The standard InChI is InChI=1S/C27H27ClN2O5S2/c1-5-35-26(32)23-16(2)22-24(37-23)29-27(36-15-18-8-6-7-9-19(18)28)30(25(22)31)13-12-17-10-11-20(33-3)21(14-17)34-4/h6-11,14H,5,12-13,15H2,1-4H3. The topological polar surface area (TPSA) is 79.7 Å². The lowest BCUT2D eigenvalue weighted by atomic mass is 10.1. The van der Waals surface area contributed by atoms with E-state index in [0.717, 1.165) is 11.1 Å². The summed E-state index contributed by atoms with van der Waals surface area (Å²) in [6.45, 7) is 4.17. The number of esters is 1. The number of hydrogen-bond donors (Lipinski definition) is 0. The summed E-state index contributed by atoms with van der Waals surface area (Å²) in [4.78, 5) is 32.0. The molecule has 0 N–H and O–H groups in total. The van der Waals surface area contributed by atoms with Crippen molar-refractivity contribution in [1.82, 2.24) is 9.55 Å². The molecule has 0 aliphatic rings. The molecule has 37 heavy (non-hydrogen) atoms. The molecule has 0 atom stereocenters. The van der Waals surface area contributed by atoms with E-state index in [2.05, 4.69) is 0 Å². The average Bonchev–Trinajstić information content (AvgIpc) is 3.24. The quantitative estimate of drug-likeness (QED) is 0.131. The van der Waals surface area contributed by atoms with E-state index in [4.69, 9.17) is 30.8 Å². The van der Waals surface area contributed by atoms with Crippen LogP contribution in [0.5, 0.6) is 11.5 Å². The van der Waals surface area contributed by atoms with Gasteiger partial charge in [0.25, 0.3) is 5.56 Å². The molecule has 0 fully saturated rings. The Morgan fingerprint density at radius 2 is 1.89 bits per heavy atom. The van der Waals surface area contributed by atoms with Crippen LogP contribution in [0.1, 0.15) is 33.3 Å². The minimum absolute atomic E-state index is 0.184. The molecule has 0 saturated heterocycles. The maximum atomic E-state index is 13.8. The van der Waals surface area contributed by atoms with Gasteiger partial charge in [-0.3, -0.25) is 9.36 Å². The van der Waals surface area contributed by atoms with Crippen LogP contribution in [0.15, 0.2) is 52.4 Å². The molecule has 0 saturated carbocycles. The van der Waals surface area contributed by atoms with Crippen molar-refractivity contribution in [1.29, 1.82) is 0 Å². The summed E-state index contributed by atoms with van der Waals surface area (Å²) in [7, 11) is 3.18. The first-order chi connectivity index (χ1) is 17.9. The molecular weight excluding hydrogens is 532 g/mol. The van der Waals surface area contributed by atoms with Gasteiger partial charge in [-0.25, -0.2) is 9.78 Å². The number of aromatic nitrogens is 2. The summed E-state index contributed by atoms with van der Waals surface area (Å²) in [5.41, 5.74) is 2.35. The summed E-state index contributed by atoms with van der Waals surface area (Å²) in [6.07, 6.45) is 0.570. The zero-order chi connectivity index (χ0) is 26.5. The van der Waals surface area contributed by atoms with Crippen molar-refractivity contribution in [3.05, 3.63) is 79.4 Å². The van der Waals surface area contributed by atoms with E-state index < -0.39 is 5.97 Å². The van der Waals surface area contributed by atoms with Gasteiger partial charge in [0, 0.05) is 17.3 Å². The van der Waals surface area contributed by atoms with Crippen molar-refractivity contribution in [2.45, 2.75) is 37.7 Å². The van der Waals surface area contributed by atoms with Crippen LogP contribution in [0.4, 0.5) is 0 Å². The maximum absolute atomic E-state index is 13.8. The molecule has 0 radical (unpaired) electrons. The number of hydrogen-bond acceptors (Lipinski definition) is 8. The fourth-order valence-corrected chi connectivity index (χ4v) is 6.36. The van der Waals surface area contributed by atoms with Crippen LogP contribution in [0, 0.1) is 6.92 Å². The highest BCUT2D eigenvalue weighted by Gasteiger charge is 2.23. The fourth-order valence-electron chi connectivity index (χ4n) is 3.93. The average molecular weight is 559 g/mol. The Kier molecular flexibility index (Phi) is 8.79. The Balaban J connectivity index is 1.74. The summed E-state index contributed by atoms with van der Waals surface area (Å²) >= 11 is 8.99. The summed E-state index contributed by atoms with van der Waals surface area (Å²) in [6, 6.07) is 13.3. The number of fused-ring (bicyclic) bond motifs is 1. The minimum Gasteiger partial charge on any atom is -0.493 e. The molecule has 4 rings (SSSR count). The van der Waals surface area contributed by atoms with Crippen molar-refractivity contribution in [2.75, 3.05) is 20.8 Å². The summed E-state index contributed by atoms with van der Waals surface area (Å²) < 4.78 is 17.6.